The van der Waals surface area contributed by atoms with Gasteiger partial charge in [0, 0.05) is 5.92 Å². The van der Waals surface area contributed by atoms with E-state index in [4.69, 9.17) is 21.6 Å². The van der Waals surface area contributed by atoms with Gasteiger partial charge in [0.05, 0.1) is 32.8 Å². The van der Waals surface area contributed by atoms with Gasteiger partial charge in [0.15, 0.2) is 0 Å². The Morgan fingerprint density at radius 3 is 2.50 bits per heavy atom. The fourth-order valence-electron chi connectivity index (χ4n) is 1.98. The number of ether oxygens (including phenoxy) is 1. The molecule has 7 heteroatoms. The Hall–Kier alpha value is -0.125. The Bertz CT molecular complexity index is 372. The molecule has 0 aromatic heterocycles. The summed E-state index contributed by atoms with van der Waals surface area (Å²) in [4.78, 5) is 9.72. The molecule has 1 aliphatic rings. The van der Waals surface area contributed by atoms with Gasteiger partial charge in [0.1, 0.15) is 0 Å². The quantitative estimate of drug-likeness (QED) is 0.445. The second-order valence-electron chi connectivity index (χ2n) is 5.60. The van der Waals surface area contributed by atoms with Gasteiger partial charge in [-0.3, -0.25) is 9.05 Å². The fourth-order valence-corrected chi connectivity index (χ4v) is 3.15. The molecule has 0 spiro atoms. The van der Waals surface area contributed by atoms with Crippen molar-refractivity contribution < 1.29 is 23.2 Å². The van der Waals surface area contributed by atoms with Gasteiger partial charge in [0.2, 0.25) is 0 Å². The molecule has 1 N–H and O–H groups in total. The molecule has 0 heterocycles. The van der Waals surface area contributed by atoms with Gasteiger partial charge in [-0.1, -0.05) is 18.0 Å². The van der Waals surface area contributed by atoms with E-state index in [1.54, 1.807) is 13.8 Å². The molecule has 0 saturated heterocycles. The SMILES string of the molecule is [B]C1C=CC(COC(C)C)C(OP(=O)(O)OC(C)C)C1. The summed E-state index contributed by atoms with van der Waals surface area (Å²) in [5.41, 5.74) is 0. The minimum absolute atomic E-state index is 0.0903. The fraction of sp³-hybridized carbons (Fsp3) is 0.846. The van der Waals surface area contributed by atoms with Crippen LogP contribution in [0.3, 0.4) is 0 Å². The van der Waals surface area contributed by atoms with Gasteiger partial charge >= 0.3 is 7.82 Å². The molecule has 0 aliphatic heterocycles. The molecular weight excluding hydrogens is 278 g/mol. The number of rotatable bonds is 7. The van der Waals surface area contributed by atoms with Crippen molar-refractivity contribution in [1.82, 2.24) is 0 Å². The first-order valence-electron chi connectivity index (χ1n) is 6.94. The van der Waals surface area contributed by atoms with Crippen LogP contribution in [-0.4, -0.2) is 37.7 Å². The summed E-state index contributed by atoms with van der Waals surface area (Å²) in [6.45, 7) is 7.66. The summed E-state index contributed by atoms with van der Waals surface area (Å²) in [6, 6.07) is 0. The minimum Gasteiger partial charge on any atom is -0.378 e. The van der Waals surface area contributed by atoms with Crippen LogP contribution in [0.2, 0.25) is 5.82 Å². The van der Waals surface area contributed by atoms with E-state index in [2.05, 4.69) is 0 Å². The molecule has 2 radical (unpaired) electrons. The van der Waals surface area contributed by atoms with Crippen molar-refractivity contribution in [3.8, 4) is 0 Å². The van der Waals surface area contributed by atoms with E-state index >= 15 is 0 Å². The molecule has 0 amide bonds. The summed E-state index contributed by atoms with van der Waals surface area (Å²) in [7, 11) is 1.77. The van der Waals surface area contributed by atoms with E-state index < -0.39 is 13.9 Å². The lowest BCUT2D eigenvalue weighted by atomic mass is 9.75. The molecular formula is C13H24BO5P. The molecule has 5 nitrogen and oxygen atoms in total. The maximum atomic E-state index is 11.9. The third-order valence-corrected chi connectivity index (χ3v) is 4.05. The summed E-state index contributed by atoms with van der Waals surface area (Å²) < 4.78 is 27.7. The van der Waals surface area contributed by atoms with Crippen LogP contribution in [0.1, 0.15) is 34.1 Å². The molecule has 0 bridgehead atoms. The lowest BCUT2D eigenvalue weighted by molar-refractivity contribution is 0.00585. The van der Waals surface area contributed by atoms with Crippen molar-refractivity contribution in [1.29, 1.82) is 0 Å². The summed E-state index contributed by atoms with van der Waals surface area (Å²) in [6.07, 6.45) is 3.45. The van der Waals surface area contributed by atoms with Crippen molar-refractivity contribution in [2.45, 2.75) is 58.2 Å². The first-order chi connectivity index (χ1) is 9.19. The Morgan fingerprint density at radius 1 is 1.30 bits per heavy atom. The molecule has 0 saturated carbocycles. The Balaban J connectivity index is 2.67. The van der Waals surface area contributed by atoms with E-state index in [-0.39, 0.29) is 23.9 Å². The Labute approximate surface area is 122 Å². The first kappa shape index (κ1) is 17.9. The molecule has 1 rings (SSSR count). The lowest BCUT2D eigenvalue weighted by Gasteiger charge is -2.32. The largest absolute Gasteiger partial charge is 0.472 e. The average Bonchev–Trinajstić information content (AvgIpc) is 2.25. The Kier molecular flexibility index (Phi) is 6.96. The highest BCUT2D eigenvalue weighted by Crippen LogP contribution is 2.48. The maximum Gasteiger partial charge on any atom is 0.472 e. The topological polar surface area (TPSA) is 65.0 Å². The zero-order valence-corrected chi connectivity index (χ0v) is 13.5. The summed E-state index contributed by atoms with van der Waals surface area (Å²) in [5, 5.41) is 0. The predicted molar refractivity (Wildman–Crippen MR) is 78.8 cm³/mol. The molecule has 114 valence electrons. The van der Waals surface area contributed by atoms with Crippen molar-refractivity contribution in [2.24, 2.45) is 5.92 Å². The van der Waals surface area contributed by atoms with Gasteiger partial charge in [-0.2, -0.15) is 0 Å². The van der Waals surface area contributed by atoms with Crippen molar-refractivity contribution >= 4 is 15.7 Å². The van der Waals surface area contributed by atoms with Crippen LogP contribution >= 0.6 is 7.82 Å². The van der Waals surface area contributed by atoms with Gasteiger partial charge in [0.25, 0.3) is 0 Å². The standard InChI is InChI=1S/C13H24BO5P/c1-9(2)17-8-11-5-6-12(14)7-13(11)19-20(15,16)18-10(3)4/h5-6,9-13H,7-8H2,1-4H3,(H,15,16). The number of phosphoric acid groups is 1. The molecule has 0 aromatic rings. The second kappa shape index (κ2) is 7.76. The highest BCUT2D eigenvalue weighted by molar-refractivity contribution is 7.47. The van der Waals surface area contributed by atoms with Crippen LogP contribution in [0, 0.1) is 5.92 Å². The van der Waals surface area contributed by atoms with E-state index in [1.807, 2.05) is 26.0 Å². The van der Waals surface area contributed by atoms with Gasteiger partial charge < -0.3 is 9.63 Å². The monoisotopic (exact) mass is 302 g/mol. The Morgan fingerprint density at radius 2 is 1.95 bits per heavy atom. The van der Waals surface area contributed by atoms with Crippen LogP contribution in [0.5, 0.6) is 0 Å². The van der Waals surface area contributed by atoms with Gasteiger partial charge in [-0.05, 0) is 34.1 Å². The molecule has 1 aliphatic carbocycles. The summed E-state index contributed by atoms with van der Waals surface area (Å²) >= 11 is 0. The van der Waals surface area contributed by atoms with E-state index in [9.17, 15) is 9.46 Å². The van der Waals surface area contributed by atoms with Crippen LogP contribution in [0.25, 0.3) is 0 Å². The van der Waals surface area contributed by atoms with Crippen LogP contribution in [-0.2, 0) is 18.3 Å². The van der Waals surface area contributed by atoms with Crippen molar-refractivity contribution in [3.63, 3.8) is 0 Å². The van der Waals surface area contributed by atoms with E-state index in [0.29, 0.717) is 13.0 Å². The molecule has 4 atom stereocenters. The van der Waals surface area contributed by atoms with Crippen molar-refractivity contribution in [3.05, 3.63) is 12.2 Å². The van der Waals surface area contributed by atoms with E-state index in [1.165, 1.54) is 0 Å². The minimum atomic E-state index is -4.07. The molecule has 0 aromatic carbocycles. The van der Waals surface area contributed by atoms with Gasteiger partial charge in [-0.25, -0.2) is 4.57 Å². The van der Waals surface area contributed by atoms with Crippen molar-refractivity contribution in [2.75, 3.05) is 6.61 Å². The lowest BCUT2D eigenvalue weighted by Crippen LogP contribution is -2.31. The van der Waals surface area contributed by atoms with Crippen LogP contribution in [0.4, 0.5) is 0 Å². The number of hydrogen-bond acceptors (Lipinski definition) is 4. The third kappa shape index (κ3) is 6.55. The zero-order valence-electron chi connectivity index (χ0n) is 12.6. The molecule has 0 fully saturated rings. The summed E-state index contributed by atoms with van der Waals surface area (Å²) in [5.74, 6) is -0.289. The number of phosphoric ester groups is 1. The van der Waals surface area contributed by atoms with Gasteiger partial charge in [-0.15, -0.1) is 0 Å². The highest BCUT2D eigenvalue weighted by atomic mass is 31.2. The number of hydrogen-bond donors (Lipinski definition) is 1. The highest BCUT2D eigenvalue weighted by Gasteiger charge is 2.34. The van der Waals surface area contributed by atoms with Crippen LogP contribution in [0.15, 0.2) is 12.2 Å². The normalized spacial score (nSPS) is 29.9. The molecule has 20 heavy (non-hydrogen) atoms. The zero-order chi connectivity index (χ0) is 15.3. The average molecular weight is 302 g/mol. The van der Waals surface area contributed by atoms with E-state index in [0.717, 1.165) is 0 Å². The second-order valence-corrected chi connectivity index (χ2v) is 6.96. The van der Waals surface area contributed by atoms with Crippen LogP contribution < -0.4 is 0 Å². The first-order valence-corrected chi connectivity index (χ1v) is 8.44. The number of allylic oxidation sites excluding steroid dienone is 1. The smallest absolute Gasteiger partial charge is 0.378 e. The maximum absolute atomic E-state index is 11.9. The third-order valence-electron chi connectivity index (χ3n) is 2.82. The molecule has 4 unspecified atom stereocenters. The predicted octanol–water partition coefficient (Wildman–Crippen LogP) is 2.86.